The van der Waals surface area contributed by atoms with Crippen molar-refractivity contribution in [3.05, 3.63) is 109 Å². The highest BCUT2D eigenvalue weighted by atomic mass is 19.1. The SMILES string of the molecule is O=C1c2oc3ccc(F)cc3c(=O)c2[C@@H](c2cccc([N+](=O)[O-])c2)N1Cc1ccc2c(c1)OCO2. The molecule has 0 aliphatic carbocycles. The fraction of sp³-hybridized carbons (Fsp3) is 0.120. The number of rotatable bonds is 4. The molecule has 0 bridgehead atoms. The van der Waals surface area contributed by atoms with Crippen LogP contribution in [0.3, 0.4) is 0 Å². The van der Waals surface area contributed by atoms with Gasteiger partial charge in [0.2, 0.25) is 12.6 Å². The maximum atomic E-state index is 13.9. The first-order valence-electron chi connectivity index (χ1n) is 10.6. The van der Waals surface area contributed by atoms with Crippen LogP contribution in [0.15, 0.2) is 69.9 Å². The third-order valence-electron chi connectivity index (χ3n) is 6.11. The molecule has 174 valence electrons. The lowest BCUT2D eigenvalue weighted by atomic mass is 9.97. The van der Waals surface area contributed by atoms with Gasteiger partial charge in [-0.05, 0) is 41.5 Å². The maximum Gasteiger partial charge on any atom is 0.291 e. The quantitative estimate of drug-likeness (QED) is 0.320. The summed E-state index contributed by atoms with van der Waals surface area (Å²) in [6.07, 6.45) is 0. The van der Waals surface area contributed by atoms with E-state index in [2.05, 4.69) is 0 Å². The standard InChI is InChI=1S/C25H15FN2O7/c26-15-5-7-18-17(10-15)23(29)21-22(14-2-1-3-16(9-14)28(31)32)27(25(30)24(21)35-18)11-13-4-6-19-20(8-13)34-12-33-19/h1-10,22H,11-12H2/t22-/m1/s1. The van der Waals surface area contributed by atoms with Gasteiger partial charge >= 0.3 is 0 Å². The topological polar surface area (TPSA) is 112 Å². The zero-order valence-corrected chi connectivity index (χ0v) is 17.9. The zero-order valence-electron chi connectivity index (χ0n) is 17.9. The first-order valence-corrected chi connectivity index (χ1v) is 10.6. The van der Waals surface area contributed by atoms with Gasteiger partial charge in [0, 0.05) is 18.7 Å². The monoisotopic (exact) mass is 474 g/mol. The summed E-state index contributed by atoms with van der Waals surface area (Å²) in [6.45, 7) is 0.141. The molecule has 1 aromatic heterocycles. The molecule has 0 saturated heterocycles. The minimum absolute atomic E-state index is 0.00865. The van der Waals surface area contributed by atoms with Crippen molar-refractivity contribution in [3.8, 4) is 11.5 Å². The van der Waals surface area contributed by atoms with Crippen LogP contribution in [0.2, 0.25) is 0 Å². The number of non-ortho nitro benzene ring substituents is 1. The number of carbonyl (C=O) groups is 1. The van der Waals surface area contributed by atoms with E-state index < -0.39 is 28.1 Å². The van der Waals surface area contributed by atoms with Gasteiger partial charge < -0.3 is 18.8 Å². The lowest BCUT2D eigenvalue weighted by molar-refractivity contribution is -0.384. The average molecular weight is 474 g/mol. The molecule has 0 unspecified atom stereocenters. The maximum absolute atomic E-state index is 13.9. The molecule has 2 aliphatic heterocycles. The van der Waals surface area contributed by atoms with Gasteiger partial charge in [-0.25, -0.2) is 4.39 Å². The van der Waals surface area contributed by atoms with Crippen LogP contribution >= 0.6 is 0 Å². The van der Waals surface area contributed by atoms with Crippen LogP contribution in [0, 0.1) is 15.9 Å². The second kappa shape index (κ2) is 7.66. The Kier molecular flexibility index (Phi) is 4.56. The number of benzene rings is 3. The molecule has 3 heterocycles. The molecule has 4 aromatic rings. The first-order chi connectivity index (χ1) is 16.9. The molecule has 0 N–H and O–H groups in total. The van der Waals surface area contributed by atoms with Crippen LogP contribution in [-0.2, 0) is 6.54 Å². The summed E-state index contributed by atoms with van der Waals surface area (Å²) in [5.74, 6) is -0.263. The predicted molar refractivity (Wildman–Crippen MR) is 120 cm³/mol. The van der Waals surface area contributed by atoms with Crippen LogP contribution in [0.4, 0.5) is 10.1 Å². The Hall–Kier alpha value is -4.73. The van der Waals surface area contributed by atoms with E-state index in [1.54, 1.807) is 24.3 Å². The van der Waals surface area contributed by atoms with E-state index in [0.29, 0.717) is 22.6 Å². The molecule has 0 radical (unpaired) electrons. The fourth-order valence-corrected chi connectivity index (χ4v) is 4.55. The lowest BCUT2D eigenvalue weighted by Crippen LogP contribution is -2.29. The van der Waals surface area contributed by atoms with Crippen LogP contribution < -0.4 is 14.9 Å². The minimum atomic E-state index is -0.980. The van der Waals surface area contributed by atoms with E-state index in [9.17, 15) is 24.1 Å². The molecule has 0 spiro atoms. The van der Waals surface area contributed by atoms with E-state index in [1.165, 1.54) is 29.2 Å². The molecule has 3 aromatic carbocycles. The third kappa shape index (κ3) is 3.30. The number of carbonyl (C=O) groups excluding carboxylic acids is 1. The number of ether oxygens (including phenoxy) is 2. The molecule has 35 heavy (non-hydrogen) atoms. The summed E-state index contributed by atoms with van der Waals surface area (Å²) in [5, 5.41) is 11.4. The second-order valence-electron chi connectivity index (χ2n) is 8.19. The highest BCUT2D eigenvalue weighted by molar-refractivity contribution is 5.99. The molecule has 1 atom stereocenters. The summed E-state index contributed by atoms with van der Waals surface area (Å²) >= 11 is 0. The zero-order chi connectivity index (χ0) is 24.3. The van der Waals surface area contributed by atoms with Crippen LogP contribution in [-0.4, -0.2) is 22.5 Å². The molecule has 6 rings (SSSR count). The number of nitro benzene ring substituents is 1. The molecule has 0 fully saturated rings. The summed E-state index contributed by atoms with van der Waals surface area (Å²) in [5.41, 5.74) is 0.367. The van der Waals surface area contributed by atoms with Crippen molar-refractivity contribution in [1.82, 2.24) is 4.90 Å². The van der Waals surface area contributed by atoms with Gasteiger partial charge in [0.05, 0.1) is 21.9 Å². The van der Waals surface area contributed by atoms with Crippen molar-refractivity contribution in [2.75, 3.05) is 6.79 Å². The second-order valence-corrected chi connectivity index (χ2v) is 8.19. The van der Waals surface area contributed by atoms with Crippen molar-refractivity contribution in [1.29, 1.82) is 0 Å². The van der Waals surface area contributed by atoms with Gasteiger partial charge in [-0.15, -0.1) is 0 Å². The van der Waals surface area contributed by atoms with Crippen LogP contribution in [0.25, 0.3) is 11.0 Å². The fourth-order valence-electron chi connectivity index (χ4n) is 4.55. The Morgan fingerprint density at radius 1 is 1.03 bits per heavy atom. The predicted octanol–water partition coefficient (Wildman–Crippen LogP) is 4.31. The Morgan fingerprint density at radius 3 is 2.69 bits per heavy atom. The highest BCUT2D eigenvalue weighted by Crippen LogP contribution is 2.41. The summed E-state index contributed by atoms with van der Waals surface area (Å²) in [7, 11) is 0. The van der Waals surface area contributed by atoms with Gasteiger partial charge in [-0.2, -0.15) is 0 Å². The largest absolute Gasteiger partial charge is 0.454 e. The van der Waals surface area contributed by atoms with Crippen molar-refractivity contribution >= 4 is 22.6 Å². The van der Waals surface area contributed by atoms with Crippen molar-refractivity contribution in [3.63, 3.8) is 0 Å². The van der Waals surface area contributed by atoms with Crippen molar-refractivity contribution < 1.29 is 28.0 Å². The molecular weight excluding hydrogens is 459 g/mol. The smallest absolute Gasteiger partial charge is 0.291 e. The molecule has 1 amide bonds. The van der Waals surface area contributed by atoms with Gasteiger partial charge in [0.1, 0.15) is 11.4 Å². The number of nitro groups is 1. The van der Waals surface area contributed by atoms with Crippen molar-refractivity contribution in [2.24, 2.45) is 0 Å². The molecule has 0 saturated carbocycles. The Bertz CT molecular complexity index is 1610. The Morgan fingerprint density at radius 2 is 1.86 bits per heavy atom. The van der Waals surface area contributed by atoms with Crippen LogP contribution in [0.1, 0.15) is 33.3 Å². The Labute approximate surface area is 196 Å². The van der Waals surface area contributed by atoms with Gasteiger partial charge in [0.25, 0.3) is 11.6 Å². The molecule has 9 nitrogen and oxygen atoms in total. The van der Waals surface area contributed by atoms with Gasteiger partial charge in [0.15, 0.2) is 16.9 Å². The number of nitrogens with zero attached hydrogens (tertiary/aromatic N) is 2. The summed E-state index contributed by atoms with van der Waals surface area (Å²) in [4.78, 5) is 39.3. The number of hydrogen-bond acceptors (Lipinski definition) is 7. The normalized spacial score (nSPS) is 16.1. The highest BCUT2D eigenvalue weighted by Gasteiger charge is 2.43. The Balaban J connectivity index is 1.54. The van der Waals surface area contributed by atoms with Crippen LogP contribution in [0.5, 0.6) is 11.5 Å². The molecular formula is C25H15FN2O7. The van der Waals surface area contributed by atoms with E-state index in [0.717, 1.165) is 12.1 Å². The summed E-state index contributed by atoms with van der Waals surface area (Å²) in [6, 6.07) is 13.4. The number of fused-ring (bicyclic) bond motifs is 3. The first kappa shape index (κ1) is 20.8. The van der Waals surface area contributed by atoms with E-state index >= 15 is 0 Å². The van der Waals surface area contributed by atoms with Crippen molar-refractivity contribution in [2.45, 2.75) is 12.6 Å². The van der Waals surface area contributed by atoms with Gasteiger partial charge in [-0.1, -0.05) is 18.2 Å². The minimum Gasteiger partial charge on any atom is -0.454 e. The third-order valence-corrected chi connectivity index (χ3v) is 6.11. The molecule has 10 heteroatoms. The van der Waals surface area contributed by atoms with E-state index in [4.69, 9.17) is 13.9 Å². The average Bonchev–Trinajstić information content (AvgIpc) is 3.42. The lowest BCUT2D eigenvalue weighted by Gasteiger charge is -2.25. The number of amides is 1. The number of hydrogen-bond donors (Lipinski definition) is 0. The summed E-state index contributed by atoms with van der Waals surface area (Å²) < 4.78 is 30.5. The van der Waals surface area contributed by atoms with E-state index in [-0.39, 0.29) is 41.3 Å². The number of halogens is 1. The van der Waals surface area contributed by atoms with Gasteiger partial charge in [-0.3, -0.25) is 19.7 Å². The molecule has 2 aliphatic rings. The van der Waals surface area contributed by atoms with E-state index in [1.807, 2.05) is 0 Å².